The Kier molecular flexibility index (Phi) is 12.5. The molecule has 1 spiro atoms. The van der Waals surface area contributed by atoms with Crippen molar-refractivity contribution in [3.63, 3.8) is 0 Å². The molecule has 4 aromatic rings. The van der Waals surface area contributed by atoms with Crippen LogP contribution in [0, 0.1) is 29.1 Å². The van der Waals surface area contributed by atoms with Crippen LogP contribution in [-0.4, -0.2) is 93.1 Å². The van der Waals surface area contributed by atoms with E-state index in [9.17, 15) is 19.2 Å². The summed E-state index contributed by atoms with van der Waals surface area (Å²) in [5.41, 5.74) is 9.49. The Morgan fingerprint density at radius 1 is 0.667 bits per heavy atom. The smallest absolute Gasteiger partial charge is 0.407 e. The van der Waals surface area contributed by atoms with Gasteiger partial charge in [-0.15, -0.1) is 0 Å². The van der Waals surface area contributed by atoms with Crippen LogP contribution < -0.4 is 10.6 Å². The lowest BCUT2D eigenvalue weighted by Gasteiger charge is -2.30. The minimum Gasteiger partial charge on any atom is -0.453 e. The van der Waals surface area contributed by atoms with Crippen molar-refractivity contribution in [1.29, 1.82) is 0 Å². The number of nitrogens with one attached hydrogen (secondary N) is 4. The lowest BCUT2D eigenvalue weighted by molar-refractivity contribution is -0.136. The van der Waals surface area contributed by atoms with Gasteiger partial charge in [-0.3, -0.25) is 9.59 Å². The van der Waals surface area contributed by atoms with Gasteiger partial charge in [-0.2, -0.15) is 0 Å². The van der Waals surface area contributed by atoms with Gasteiger partial charge in [0.05, 0.1) is 50.1 Å². The normalized spacial score (nSPS) is 22.4. The van der Waals surface area contributed by atoms with Gasteiger partial charge in [0, 0.05) is 18.7 Å². The first-order chi connectivity index (χ1) is 30.2. The van der Waals surface area contributed by atoms with Gasteiger partial charge in [-0.05, 0) is 95.4 Å². The fraction of sp³-hybridized carbons (Fsp3) is 0.551. The summed E-state index contributed by atoms with van der Waals surface area (Å²) in [6.45, 7) is 13.2. The summed E-state index contributed by atoms with van der Waals surface area (Å²) in [5.74, 6) is 1.58. The number of fused-ring (bicyclic) bond motifs is 1. The minimum absolute atomic E-state index is 0.114. The zero-order valence-corrected chi connectivity index (χ0v) is 38.0. The fourth-order valence-electron chi connectivity index (χ4n) is 10.9. The Bertz CT molecular complexity index is 2330. The Hall–Kier alpha value is -5.66. The quantitative estimate of drug-likeness (QED) is 0.116. The van der Waals surface area contributed by atoms with Gasteiger partial charge < -0.3 is 39.9 Å². The van der Waals surface area contributed by atoms with Crippen molar-refractivity contribution in [2.45, 2.75) is 117 Å². The van der Waals surface area contributed by atoms with Crippen molar-refractivity contribution >= 4 is 24.0 Å². The third-order valence-electron chi connectivity index (χ3n) is 14.2. The molecule has 0 radical (unpaired) electrons. The van der Waals surface area contributed by atoms with Crippen molar-refractivity contribution in [2.75, 3.05) is 27.3 Å². The highest BCUT2D eigenvalue weighted by Gasteiger charge is 2.44. The lowest BCUT2D eigenvalue weighted by Crippen LogP contribution is -2.51. The summed E-state index contributed by atoms with van der Waals surface area (Å²) in [7, 11) is 2.61. The molecule has 14 heteroatoms. The molecule has 4 aliphatic rings. The van der Waals surface area contributed by atoms with Crippen LogP contribution in [0.5, 0.6) is 0 Å². The zero-order chi connectivity index (χ0) is 44.7. The summed E-state index contributed by atoms with van der Waals surface area (Å²) in [6, 6.07) is 11.3. The number of methoxy groups -OCH3 is 2. The standard InChI is InChI=1S/C49H64N8O6/c1-27(2)41(54-47(60)62-7)45(58)56-25-29(5)19-39(56)43-50-23-37(52-43)32-13-11-31(12-14-32)33-15-16-34(36-22-49(21-35(33)36)17-9-10-18-49)38-24-51-44(53-38)40-20-30(6)26-57(40)46(59)42(28(3)4)55-48(61)63-8/h11-16,23-24,27-30,39-42H,9-10,17-22,25-26H2,1-8H3,(H,50,52)(H,51,53)(H,54,60)(H,55,61)/t29-,30-,39-,40-,41-,42-/m0/s1. The maximum atomic E-state index is 14.0. The summed E-state index contributed by atoms with van der Waals surface area (Å²) < 4.78 is 9.66. The van der Waals surface area contributed by atoms with Gasteiger partial charge in [0.1, 0.15) is 23.7 Å². The first-order valence-electron chi connectivity index (χ1n) is 22.8. The van der Waals surface area contributed by atoms with Crippen LogP contribution in [0.15, 0.2) is 48.8 Å². The average Bonchev–Trinajstić information content (AvgIpc) is 4.14. The van der Waals surface area contributed by atoms with E-state index in [1.807, 2.05) is 49.9 Å². The minimum atomic E-state index is -0.700. The molecule has 0 unspecified atom stereocenters. The van der Waals surface area contributed by atoms with E-state index in [1.165, 1.54) is 62.2 Å². The third kappa shape index (κ3) is 8.69. The number of aromatic amines is 2. The number of imidazole rings is 2. The van der Waals surface area contributed by atoms with Crippen LogP contribution in [0.4, 0.5) is 9.59 Å². The molecule has 1 saturated carbocycles. The van der Waals surface area contributed by atoms with Gasteiger partial charge in [0.15, 0.2) is 0 Å². The molecule has 4 N–H and O–H groups in total. The second-order valence-corrected chi connectivity index (χ2v) is 19.5. The number of rotatable bonds is 11. The predicted octanol–water partition coefficient (Wildman–Crippen LogP) is 8.37. The van der Waals surface area contributed by atoms with Crippen LogP contribution in [0.2, 0.25) is 0 Å². The van der Waals surface area contributed by atoms with Crippen LogP contribution >= 0.6 is 0 Å². The number of hydrogen-bond donors (Lipinski definition) is 4. The van der Waals surface area contributed by atoms with Crippen LogP contribution in [0.3, 0.4) is 0 Å². The SMILES string of the molecule is COC(=O)N[C@H](C(=O)N1C[C@@H](C)C[C@H]1c1ncc(-c2ccc(-c3ccc(-c4cnc([C@@H]5C[C@H](C)CN5C(=O)[C@@H](NC(=O)OC)C(C)C)[nH]4)c4c3CC3(CCCC3)C4)cc2)[nH]1)C(C)C. The molecule has 336 valence electrons. The monoisotopic (exact) mass is 860 g/mol. The molecular formula is C49H64N8O6. The first-order valence-corrected chi connectivity index (χ1v) is 22.8. The average molecular weight is 861 g/mol. The molecule has 0 bridgehead atoms. The van der Waals surface area contributed by atoms with E-state index in [1.54, 1.807) is 0 Å². The number of likely N-dealkylation sites (tertiary alicyclic amines) is 2. The van der Waals surface area contributed by atoms with E-state index < -0.39 is 24.3 Å². The van der Waals surface area contributed by atoms with Gasteiger partial charge in [-0.25, -0.2) is 19.6 Å². The van der Waals surface area contributed by atoms with Crippen molar-refractivity contribution in [2.24, 2.45) is 29.1 Å². The van der Waals surface area contributed by atoms with E-state index in [4.69, 9.17) is 19.4 Å². The van der Waals surface area contributed by atoms with Gasteiger partial charge in [0.25, 0.3) is 0 Å². The summed E-state index contributed by atoms with van der Waals surface area (Å²) in [5, 5.41) is 5.50. The van der Waals surface area contributed by atoms with E-state index in [0.717, 1.165) is 59.8 Å². The number of nitrogens with zero attached hydrogens (tertiary/aromatic N) is 4. The molecule has 8 rings (SSSR count). The number of ether oxygens (including phenoxy) is 2. The van der Waals surface area contributed by atoms with Crippen molar-refractivity contribution < 1.29 is 28.7 Å². The largest absolute Gasteiger partial charge is 0.453 e. The second-order valence-electron chi connectivity index (χ2n) is 19.5. The number of aromatic nitrogens is 4. The van der Waals surface area contributed by atoms with Crippen LogP contribution in [0.1, 0.15) is 115 Å². The molecule has 63 heavy (non-hydrogen) atoms. The molecule has 2 aromatic heterocycles. The van der Waals surface area contributed by atoms with Gasteiger partial charge in [-0.1, -0.05) is 90.8 Å². The highest BCUT2D eigenvalue weighted by atomic mass is 16.5. The Balaban J connectivity index is 1.04. The molecule has 2 saturated heterocycles. The van der Waals surface area contributed by atoms with Gasteiger partial charge in [0.2, 0.25) is 11.8 Å². The fourth-order valence-corrected chi connectivity index (χ4v) is 10.9. The van der Waals surface area contributed by atoms with E-state index >= 15 is 0 Å². The molecule has 4 heterocycles. The maximum absolute atomic E-state index is 14.0. The highest BCUT2D eigenvalue weighted by molar-refractivity contribution is 5.87. The van der Waals surface area contributed by atoms with Crippen LogP contribution in [-0.2, 0) is 31.9 Å². The number of carbonyl (C=O) groups excluding carboxylic acids is 4. The molecule has 3 fully saturated rings. The maximum Gasteiger partial charge on any atom is 0.407 e. The van der Waals surface area contributed by atoms with Crippen LogP contribution in [0.25, 0.3) is 33.6 Å². The zero-order valence-electron chi connectivity index (χ0n) is 38.0. The molecule has 6 atom stereocenters. The van der Waals surface area contributed by atoms with Crippen molar-refractivity contribution in [3.05, 3.63) is 71.6 Å². The summed E-state index contributed by atoms with van der Waals surface area (Å²) in [4.78, 5) is 72.8. The van der Waals surface area contributed by atoms with Crippen molar-refractivity contribution in [1.82, 2.24) is 40.4 Å². The number of H-pyrrole nitrogens is 2. The summed E-state index contributed by atoms with van der Waals surface area (Å²) >= 11 is 0. The predicted molar refractivity (Wildman–Crippen MR) is 240 cm³/mol. The van der Waals surface area contributed by atoms with Gasteiger partial charge >= 0.3 is 12.2 Å². The van der Waals surface area contributed by atoms with E-state index in [2.05, 4.69) is 70.8 Å². The molecule has 4 amide bonds. The van der Waals surface area contributed by atoms with Crippen molar-refractivity contribution in [3.8, 4) is 33.6 Å². The summed E-state index contributed by atoms with van der Waals surface area (Å²) in [6.07, 6.45) is 11.2. The second kappa shape index (κ2) is 17.8. The lowest BCUT2D eigenvalue weighted by atomic mass is 9.82. The molecule has 2 aliphatic carbocycles. The topological polar surface area (TPSA) is 175 Å². The molecular weight excluding hydrogens is 797 g/mol. The molecule has 2 aromatic carbocycles. The van der Waals surface area contributed by atoms with E-state index in [0.29, 0.717) is 13.1 Å². The third-order valence-corrected chi connectivity index (χ3v) is 14.2. The molecule has 14 nitrogen and oxygen atoms in total. The Labute approximate surface area is 370 Å². The molecule has 2 aliphatic heterocycles. The number of alkyl carbamates (subject to hydrolysis) is 2. The number of hydrogen-bond acceptors (Lipinski definition) is 8. The number of amides is 4. The first kappa shape index (κ1) is 44.0. The Morgan fingerprint density at radius 2 is 1.11 bits per heavy atom. The highest BCUT2D eigenvalue weighted by Crippen LogP contribution is 2.53. The number of carbonyl (C=O) groups is 4. The van der Waals surface area contributed by atoms with E-state index in [-0.39, 0.29) is 53.0 Å². The Morgan fingerprint density at radius 3 is 1.60 bits per heavy atom. The number of benzene rings is 2.